The molecular formula is C29H23NO2. The molecule has 0 amide bonds. The van der Waals surface area contributed by atoms with Crippen LogP contribution in [0, 0.1) is 0 Å². The van der Waals surface area contributed by atoms with E-state index in [0.717, 1.165) is 28.1 Å². The van der Waals surface area contributed by atoms with Crippen molar-refractivity contribution < 1.29 is 9.53 Å². The van der Waals surface area contributed by atoms with Gasteiger partial charge in [0, 0.05) is 18.4 Å². The summed E-state index contributed by atoms with van der Waals surface area (Å²) in [6, 6.07) is 39.6. The topological polar surface area (TPSA) is 29.5 Å². The van der Waals surface area contributed by atoms with Crippen LogP contribution in [0.1, 0.15) is 16.7 Å². The zero-order valence-electron chi connectivity index (χ0n) is 17.8. The van der Waals surface area contributed by atoms with E-state index in [1.807, 2.05) is 126 Å². The number of Topliss-reactive ketones (excluding diaryl/α,β-unsaturated/α-hetero) is 1. The van der Waals surface area contributed by atoms with E-state index in [1.165, 1.54) is 0 Å². The summed E-state index contributed by atoms with van der Waals surface area (Å²) in [5, 5.41) is 0. The Bertz CT molecular complexity index is 1250. The van der Waals surface area contributed by atoms with Crippen LogP contribution in [-0.2, 0) is 15.3 Å². The summed E-state index contributed by atoms with van der Waals surface area (Å²) in [5.41, 5.74) is 3.65. The minimum Gasteiger partial charge on any atom is -0.348 e. The van der Waals surface area contributed by atoms with Gasteiger partial charge in [-0.1, -0.05) is 109 Å². The number of nitrogens with zero attached hydrogens (tertiary/aromatic N) is 1. The van der Waals surface area contributed by atoms with Gasteiger partial charge in [-0.3, -0.25) is 4.79 Å². The zero-order chi connectivity index (χ0) is 22.0. The number of carbonyl (C=O) groups is 1. The number of para-hydroxylation sites is 1. The highest BCUT2D eigenvalue weighted by Crippen LogP contribution is 2.51. The molecule has 32 heavy (non-hydrogen) atoms. The van der Waals surface area contributed by atoms with Gasteiger partial charge in [-0.15, -0.1) is 0 Å². The van der Waals surface area contributed by atoms with Gasteiger partial charge >= 0.3 is 0 Å². The van der Waals surface area contributed by atoms with E-state index in [-0.39, 0.29) is 5.78 Å². The molecule has 0 bridgehead atoms. The molecule has 1 unspecified atom stereocenters. The summed E-state index contributed by atoms with van der Waals surface area (Å²) in [4.78, 5) is 16.4. The predicted molar refractivity (Wildman–Crippen MR) is 129 cm³/mol. The highest BCUT2D eigenvalue weighted by Gasteiger charge is 2.55. The maximum absolute atomic E-state index is 14.4. The Labute approximate surface area is 188 Å². The molecule has 156 valence electrons. The van der Waals surface area contributed by atoms with Crippen LogP contribution in [0.25, 0.3) is 11.3 Å². The number of hydrogen-bond acceptors (Lipinski definition) is 3. The van der Waals surface area contributed by atoms with Crippen molar-refractivity contribution in [1.82, 2.24) is 0 Å². The highest BCUT2D eigenvalue weighted by atomic mass is 16.5. The standard InChI is InChI=1S/C29H23NO2/c1-32-29(24-18-10-4-11-19-24)28(31)26(22-14-6-2-7-15-22)27(23-16-8-3-9-17-23)30(29)25-20-12-5-13-21-25/h2-21H,1H3. The first-order valence-corrected chi connectivity index (χ1v) is 10.6. The number of anilines is 1. The summed E-state index contributed by atoms with van der Waals surface area (Å²) in [5.74, 6) is -0.0832. The maximum atomic E-state index is 14.4. The lowest BCUT2D eigenvalue weighted by molar-refractivity contribution is -0.133. The van der Waals surface area contributed by atoms with E-state index in [0.29, 0.717) is 5.57 Å². The van der Waals surface area contributed by atoms with Crippen LogP contribution in [0.4, 0.5) is 5.69 Å². The van der Waals surface area contributed by atoms with E-state index < -0.39 is 5.72 Å². The van der Waals surface area contributed by atoms with Crippen molar-refractivity contribution in [2.24, 2.45) is 0 Å². The molecule has 3 nitrogen and oxygen atoms in total. The SMILES string of the molecule is COC1(c2ccccc2)C(=O)C(c2ccccc2)=C(c2ccccc2)N1c1ccccc1. The molecule has 1 heterocycles. The van der Waals surface area contributed by atoms with Gasteiger partial charge in [0.25, 0.3) is 0 Å². The molecule has 0 saturated heterocycles. The fourth-order valence-electron chi connectivity index (χ4n) is 4.50. The van der Waals surface area contributed by atoms with Crippen LogP contribution in [0.5, 0.6) is 0 Å². The largest absolute Gasteiger partial charge is 0.348 e. The lowest BCUT2D eigenvalue weighted by atomic mass is 9.92. The molecule has 0 aliphatic carbocycles. The lowest BCUT2D eigenvalue weighted by Crippen LogP contribution is -2.48. The zero-order valence-corrected chi connectivity index (χ0v) is 17.8. The number of hydrogen-bond donors (Lipinski definition) is 0. The molecule has 0 aromatic heterocycles. The van der Waals surface area contributed by atoms with Gasteiger partial charge in [-0.05, 0) is 23.3 Å². The van der Waals surface area contributed by atoms with Gasteiger partial charge in [0.05, 0.1) is 11.3 Å². The van der Waals surface area contributed by atoms with Crippen LogP contribution in [-0.4, -0.2) is 12.9 Å². The minimum absolute atomic E-state index is 0.0832. The third-order valence-corrected chi connectivity index (χ3v) is 5.89. The normalized spacial score (nSPS) is 18.3. The molecular weight excluding hydrogens is 394 g/mol. The summed E-state index contributed by atoms with van der Waals surface area (Å²) < 4.78 is 6.20. The Morgan fingerprint density at radius 1 is 0.625 bits per heavy atom. The quantitative estimate of drug-likeness (QED) is 0.390. The first-order chi connectivity index (χ1) is 15.8. The molecule has 0 N–H and O–H groups in total. The van der Waals surface area contributed by atoms with E-state index in [4.69, 9.17) is 4.74 Å². The molecule has 0 saturated carbocycles. The summed E-state index contributed by atoms with van der Waals surface area (Å²) >= 11 is 0. The average molecular weight is 418 g/mol. The number of ether oxygens (including phenoxy) is 1. The third kappa shape index (κ3) is 3.06. The second kappa shape index (κ2) is 8.29. The Balaban J connectivity index is 1.89. The van der Waals surface area contributed by atoms with Crippen molar-refractivity contribution in [1.29, 1.82) is 0 Å². The Kier molecular flexibility index (Phi) is 5.18. The molecule has 5 rings (SSSR count). The average Bonchev–Trinajstić information content (AvgIpc) is 3.15. The van der Waals surface area contributed by atoms with Gasteiger partial charge in [0.1, 0.15) is 0 Å². The fraction of sp³-hybridized carbons (Fsp3) is 0.0690. The van der Waals surface area contributed by atoms with Gasteiger partial charge in [0.15, 0.2) is 0 Å². The number of carbonyl (C=O) groups excluding carboxylic acids is 1. The lowest BCUT2D eigenvalue weighted by Gasteiger charge is -2.39. The molecule has 1 aliphatic rings. The van der Waals surface area contributed by atoms with Crippen LogP contribution >= 0.6 is 0 Å². The smallest absolute Gasteiger partial charge is 0.236 e. The second-order valence-corrected chi connectivity index (χ2v) is 7.67. The van der Waals surface area contributed by atoms with Gasteiger partial charge < -0.3 is 9.64 Å². The Morgan fingerprint density at radius 2 is 1.09 bits per heavy atom. The van der Waals surface area contributed by atoms with Gasteiger partial charge in [-0.25, -0.2) is 0 Å². The molecule has 0 fully saturated rings. The Morgan fingerprint density at radius 3 is 1.62 bits per heavy atom. The van der Waals surface area contributed by atoms with E-state index >= 15 is 0 Å². The first kappa shape index (κ1) is 20.0. The molecule has 1 atom stereocenters. The van der Waals surface area contributed by atoms with Crippen LogP contribution in [0.2, 0.25) is 0 Å². The fourth-order valence-corrected chi connectivity index (χ4v) is 4.50. The summed E-state index contributed by atoms with van der Waals surface area (Å²) in [6.07, 6.45) is 0. The van der Waals surface area contributed by atoms with Crippen molar-refractivity contribution in [3.63, 3.8) is 0 Å². The number of benzene rings is 4. The van der Waals surface area contributed by atoms with E-state index in [1.54, 1.807) is 7.11 Å². The first-order valence-electron chi connectivity index (χ1n) is 10.6. The predicted octanol–water partition coefficient (Wildman–Crippen LogP) is 6.14. The number of rotatable bonds is 5. The van der Waals surface area contributed by atoms with Crippen LogP contribution < -0.4 is 4.90 Å². The number of ketones is 1. The molecule has 0 spiro atoms. The number of methoxy groups -OCH3 is 1. The van der Waals surface area contributed by atoms with Crippen molar-refractivity contribution >= 4 is 22.7 Å². The monoisotopic (exact) mass is 417 g/mol. The minimum atomic E-state index is -1.32. The van der Waals surface area contributed by atoms with E-state index in [2.05, 4.69) is 0 Å². The highest BCUT2D eigenvalue weighted by molar-refractivity contribution is 6.37. The molecule has 4 aromatic rings. The van der Waals surface area contributed by atoms with Crippen molar-refractivity contribution in [3.8, 4) is 0 Å². The van der Waals surface area contributed by atoms with E-state index in [9.17, 15) is 4.79 Å². The van der Waals surface area contributed by atoms with Crippen molar-refractivity contribution in [3.05, 3.63) is 138 Å². The molecule has 1 aliphatic heterocycles. The second-order valence-electron chi connectivity index (χ2n) is 7.67. The van der Waals surface area contributed by atoms with Crippen LogP contribution in [0.3, 0.4) is 0 Å². The Hall–Kier alpha value is -3.95. The molecule has 3 heteroatoms. The maximum Gasteiger partial charge on any atom is 0.236 e. The van der Waals surface area contributed by atoms with Crippen molar-refractivity contribution in [2.45, 2.75) is 5.72 Å². The van der Waals surface area contributed by atoms with Gasteiger partial charge in [-0.2, -0.15) is 0 Å². The summed E-state index contributed by atoms with van der Waals surface area (Å²) in [7, 11) is 1.61. The van der Waals surface area contributed by atoms with Crippen LogP contribution in [0.15, 0.2) is 121 Å². The molecule has 4 aromatic carbocycles. The van der Waals surface area contributed by atoms with Gasteiger partial charge in [0.2, 0.25) is 11.5 Å². The molecule has 0 radical (unpaired) electrons. The third-order valence-electron chi connectivity index (χ3n) is 5.89. The summed E-state index contributed by atoms with van der Waals surface area (Å²) in [6.45, 7) is 0. The van der Waals surface area contributed by atoms with Crippen molar-refractivity contribution in [2.75, 3.05) is 12.0 Å².